The Kier molecular flexibility index (Phi) is 4.76. The Bertz CT molecular complexity index is 1150. The van der Waals surface area contributed by atoms with Gasteiger partial charge in [0, 0.05) is 5.56 Å². The van der Waals surface area contributed by atoms with Crippen molar-refractivity contribution >= 4 is 44.8 Å². The van der Waals surface area contributed by atoms with Crippen LogP contribution in [0.15, 0.2) is 54.6 Å². The highest BCUT2D eigenvalue weighted by Crippen LogP contribution is 2.30. The molecule has 0 bridgehead atoms. The van der Waals surface area contributed by atoms with Gasteiger partial charge < -0.3 is 0 Å². The summed E-state index contributed by atoms with van der Waals surface area (Å²) in [6, 6.07) is 20.1. The van der Waals surface area contributed by atoms with Crippen molar-refractivity contribution in [1.29, 1.82) is 5.26 Å². The van der Waals surface area contributed by atoms with Gasteiger partial charge in [-0.15, -0.1) is 11.3 Å². The number of halogens is 1. The molecular weight excluding hydrogens is 376 g/mol. The molecule has 2 aromatic heterocycles. The van der Waals surface area contributed by atoms with Crippen LogP contribution in [-0.2, 0) is 6.54 Å². The molecule has 0 amide bonds. The molecule has 132 valence electrons. The van der Waals surface area contributed by atoms with Gasteiger partial charge in [-0.2, -0.15) is 10.4 Å². The Labute approximate surface area is 166 Å². The molecule has 27 heavy (non-hydrogen) atoms. The summed E-state index contributed by atoms with van der Waals surface area (Å²) < 4.78 is 2.81. The molecule has 0 saturated carbocycles. The molecule has 0 saturated heterocycles. The predicted octanol–water partition coefficient (Wildman–Crippen LogP) is 5.57. The van der Waals surface area contributed by atoms with Gasteiger partial charge in [-0.05, 0) is 30.7 Å². The average molecular weight is 391 g/mol. The van der Waals surface area contributed by atoms with Gasteiger partial charge >= 0.3 is 0 Å². The quantitative estimate of drug-likeness (QED) is 0.428. The molecule has 0 aliphatic rings. The van der Waals surface area contributed by atoms with Crippen LogP contribution >= 0.6 is 22.9 Å². The van der Waals surface area contributed by atoms with E-state index >= 15 is 0 Å². The topological polar surface area (TPSA) is 54.5 Å². The molecule has 4 aromatic rings. The summed E-state index contributed by atoms with van der Waals surface area (Å²) in [7, 11) is 0. The highest BCUT2D eigenvalue weighted by Gasteiger charge is 2.15. The van der Waals surface area contributed by atoms with E-state index in [0.29, 0.717) is 22.3 Å². The number of hydrogen-bond acceptors (Lipinski definition) is 4. The maximum Gasteiger partial charge on any atom is 0.135 e. The van der Waals surface area contributed by atoms with Crippen LogP contribution in [0.25, 0.3) is 21.9 Å². The standard InChI is InChI=1S/C21H15ClN4S/c1-14-17(20(22)26(25-14)13-15-7-3-2-4-8-15)11-16(12-23)21-24-18-9-5-6-10-19(18)27-21/h2-11H,13H2,1H3/b16-11+. The number of aromatic nitrogens is 3. The molecule has 2 aromatic carbocycles. The van der Waals surface area contributed by atoms with Crippen LogP contribution in [0.3, 0.4) is 0 Å². The first-order valence-corrected chi connectivity index (χ1v) is 9.59. The lowest BCUT2D eigenvalue weighted by molar-refractivity contribution is 0.680. The van der Waals surface area contributed by atoms with E-state index in [1.165, 1.54) is 11.3 Å². The van der Waals surface area contributed by atoms with Crippen LogP contribution in [0.4, 0.5) is 0 Å². The third-order valence-electron chi connectivity index (χ3n) is 4.22. The molecule has 0 atom stereocenters. The van der Waals surface area contributed by atoms with Crippen molar-refractivity contribution in [3.05, 3.63) is 81.6 Å². The second-order valence-corrected chi connectivity index (χ2v) is 7.48. The van der Waals surface area contributed by atoms with Crippen LogP contribution < -0.4 is 0 Å². The van der Waals surface area contributed by atoms with Gasteiger partial charge in [-0.1, -0.05) is 54.1 Å². The zero-order chi connectivity index (χ0) is 18.8. The van der Waals surface area contributed by atoms with E-state index in [9.17, 15) is 5.26 Å². The number of hydrogen-bond donors (Lipinski definition) is 0. The minimum atomic E-state index is 0.487. The third kappa shape index (κ3) is 3.50. The average Bonchev–Trinajstić information content (AvgIpc) is 3.22. The molecule has 0 fully saturated rings. The lowest BCUT2D eigenvalue weighted by atomic mass is 10.1. The molecule has 4 rings (SSSR count). The van der Waals surface area contributed by atoms with Gasteiger partial charge in [0.2, 0.25) is 0 Å². The molecule has 0 aliphatic heterocycles. The van der Waals surface area contributed by atoms with Crippen LogP contribution in [0.1, 0.15) is 21.8 Å². The number of nitriles is 1. The Morgan fingerprint density at radius 3 is 2.67 bits per heavy atom. The van der Waals surface area contributed by atoms with Crippen molar-refractivity contribution in [2.75, 3.05) is 0 Å². The van der Waals surface area contributed by atoms with Crippen molar-refractivity contribution in [1.82, 2.24) is 14.8 Å². The van der Waals surface area contributed by atoms with E-state index in [1.807, 2.05) is 61.5 Å². The predicted molar refractivity (Wildman–Crippen MR) is 111 cm³/mol. The Balaban J connectivity index is 1.72. The summed E-state index contributed by atoms with van der Waals surface area (Å²) in [6.07, 6.45) is 1.78. The molecule has 0 unspecified atom stereocenters. The van der Waals surface area contributed by atoms with Crippen LogP contribution in [0.5, 0.6) is 0 Å². The van der Waals surface area contributed by atoms with E-state index in [-0.39, 0.29) is 0 Å². The fraction of sp³-hybridized carbons (Fsp3) is 0.0952. The number of fused-ring (bicyclic) bond motifs is 1. The van der Waals surface area contributed by atoms with Gasteiger partial charge in [-0.25, -0.2) is 9.67 Å². The van der Waals surface area contributed by atoms with Crippen LogP contribution in [-0.4, -0.2) is 14.8 Å². The monoisotopic (exact) mass is 390 g/mol. The van der Waals surface area contributed by atoms with Crippen molar-refractivity contribution < 1.29 is 0 Å². The smallest absolute Gasteiger partial charge is 0.135 e. The minimum absolute atomic E-state index is 0.487. The molecule has 4 nitrogen and oxygen atoms in total. The number of thiazole rings is 1. The van der Waals surface area contributed by atoms with E-state index in [1.54, 1.807) is 10.8 Å². The first-order valence-electron chi connectivity index (χ1n) is 8.40. The number of rotatable bonds is 4. The Morgan fingerprint density at radius 2 is 1.93 bits per heavy atom. The second kappa shape index (κ2) is 7.36. The second-order valence-electron chi connectivity index (χ2n) is 6.09. The van der Waals surface area contributed by atoms with E-state index in [2.05, 4.69) is 16.2 Å². The normalized spacial score (nSPS) is 11.7. The molecule has 2 heterocycles. The van der Waals surface area contributed by atoms with Crippen LogP contribution in [0, 0.1) is 18.3 Å². The van der Waals surface area contributed by atoms with Crippen molar-refractivity contribution in [3.8, 4) is 6.07 Å². The summed E-state index contributed by atoms with van der Waals surface area (Å²) in [5, 5.41) is 15.4. The van der Waals surface area contributed by atoms with Crippen molar-refractivity contribution in [3.63, 3.8) is 0 Å². The molecular formula is C21H15ClN4S. The summed E-state index contributed by atoms with van der Waals surface area (Å²) in [4.78, 5) is 4.57. The molecule has 0 spiro atoms. The summed E-state index contributed by atoms with van der Waals surface area (Å²) in [5.41, 5.74) is 4.03. The lowest BCUT2D eigenvalue weighted by Crippen LogP contribution is -2.01. The zero-order valence-electron chi connectivity index (χ0n) is 14.6. The van der Waals surface area contributed by atoms with E-state index < -0.39 is 0 Å². The largest absolute Gasteiger partial charge is 0.249 e. The molecule has 0 aliphatic carbocycles. The molecule has 6 heteroatoms. The van der Waals surface area contributed by atoms with Gasteiger partial charge in [0.15, 0.2) is 0 Å². The summed E-state index contributed by atoms with van der Waals surface area (Å²) in [5.74, 6) is 0. The number of allylic oxidation sites excluding steroid dienone is 1. The van der Waals surface area contributed by atoms with E-state index in [4.69, 9.17) is 11.6 Å². The fourth-order valence-electron chi connectivity index (χ4n) is 2.87. The highest BCUT2D eigenvalue weighted by molar-refractivity contribution is 7.19. The number of para-hydroxylation sites is 1. The number of aryl methyl sites for hydroxylation is 1. The first-order chi connectivity index (χ1) is 13.2. The SMILES string of the molecule is Cc1nn(Cc2ccccc2)c(Cl)c1/C=C(\C#N)c1nc2ccccc2s1. The van der Waals surface area contributed by atoms with Crippen molar-refractivity contribution in [2.45, 2.75) is 13.5 Å². The summed E-state index contributed by atoms with van der Waals surface area (Å²) >= 11 is 8.07. The maximum atomic E-state index is 9.67. The fourth-order valence-corrected chi connectivity index (χ4v) is 4.09. The van der Waals surface area contributed by atoms with Crippen molar-refractivity contribution in [2.24, 2.45) is 0 Å². The minimum Gasteiger partial charge on any atom is -0.249 e. The van der Waals surface area contributed by atoms with E-state index in [0.717, 1.165) is 27.0 Å². The van der Waals surface area contributed by atoms with Gasteiger partial charge in [-0.3, -0.25) is 0 Å². The number of benzene rings is 2. The maximum absolute atomic E-state index is 9.67. The van der Waals surface area contributed by atoms with Crippen LogP contribution in [0.2, 0.25) is 5.15 Å². The lowest BCUT2D eigenvalue weighted by Gasteiger charge is -2.03. The highest BCUT2D eigenvalue weighted by atomic mass is 35.5. The molecule has 0 radical (unpaired) electrons. The van der Waals surface area contributed by atoms with Gasteiger partial charge in [0.05, 0.1) is 28.0 Å². The Morgan fingerprint density at radius 1 is 1.19 bits per heavy atom. The molecule has 0 N–H and O–H groups in total. The summed E-state index contributed by atoms with van der Waals surface area (Å²) in [6.45, 7) is 2.48. The Hall–Kier alpha value is -2.94. The zero-order valence-corrected chi connectivity index (χ0v) is 16.1. The first kappa shape index (κ1) is 17.5. The van der Waals surface area contributed by atoms with Gasteiger partial charge in [0.25, 0.3) is 0 Å². The third-order valence-corrected chi connectivity index (χ3v) is 5.69. The number of nitrogens with zero attached hydrogens (tertiary/aromatic N) is 4. The van der Waals surface area contributed by atoms with Gasteiger partial charge in [0.1, 0.15) is 16.2 Å².